The number of aliphatic carboxylic acids is 1. The van der Waals surface area contributed by atoms with Crippen LogP contribution in [0.4, 0.5) is 10.1 Å². The minimum atomic E-state index is -1.09. The van der Waals surface area contributed by atoms with Crippen molar-refractivity contribution in [2.24, 2.45) is 5.92 Å². The Morgan fingerprint density at radius 2 is 2.00 bits per heavy atom. The first-order valence-electron chi connectivity index (χ1n) is 9.22. The molecule has 2 N–H and O–H groups in total. The number of hydrogen-bond acceptors (Lipinski definition) is 4. The number of carbonyl (C=O) groups is 1. The topological polar surface area (TPSA) is 67.8 Å². The highest BCUT2D eigenvalue weighted by molar-refractivity contribution is 6.16. The van der Waals surface area contributed by atoms with Gasteiger partial charge in [0.2, 0.25) is 0 Å². The van der Waals surface area contributed by atoms with Crippen molar-refractivity contribution < 1.29 is 23.8 Å². The number of hydrogen-bond donors (Lipinski definition) is 2. The molecule has 0 aromatic heterocycles. The Labute approximate surface area is 163 Å². The van der Waals surface area contributed by atoms with Gasteiger partial charge in [-0.1, -0.05) is 24.3 Å². The lowest BCUT2D eigenvalue weighted by atomic mass is 9.99. The number of carboxylic acids is 1. The van der Waals surface area contributed by atoms with Crippen molar-refractivity contribution in [3.63, 3.8) is 0 Å². The van der Waals surface area contributed by atoms with Crippen LogP contribution in [0, 0.1) is 11.7 Å². The second-order valence-corrected chi connectivity index (χ2v) is 6.86. The number of benzene rings is 2. The van der Waals surface area contributed by atoms with Crippen LogP contribution in [0.5, 0.6) is 5.75 Å². The number of allylic oxidation sites excluding steroid dienone is 1. The Balaban J connectivity index is 1.75. The number of anilines is 1. The van der Waals surface area contributed by atoms with Gasteiger partial charge in [-0.25, -0.2) is 9.18 Å². The summed E-state index contributed by atoms with van der Waals surface area (Å²) in [4.78, 5) is 11.7. The maximum atomic E-state index is 14.4. The van der Waals surface area contributed by atoms with Crippen LogP contribution in [0.3, 0.4) is 0 Å². The minimum absolute atomic E-state index is 0.0374. The quantitative estimate of drug-likeness (QED) is 0.484. The first-order valence-corrected chi connectivity index (χ1v) is 9.22. The van der Waals surface area contributed by atoms with E-state index in [1.807, 2.05) is 0 Å². The molecule has 1 aliphatic carbocycles. The predicted octanol–water partition coefficient (Wildman–Crippen LogP) is 4.69. The standard InChI is InChI=1S/C22H24FNO4/c1-14(27-2)21(22(25)26)18-6-4-3-5-16(18)13-28-20-10-9-17(11-19(20)23)24-12-15-7-8-15/h3-6,9-11,15,24H,7-8,12-13H2,1-2H3,(H,25,26). The van der Waals surface area contributed by atoms with Gasteiger partial charge in [0.15, 0.2) is 11.6 Å². The fraction of sp³-hybridized carbons (Fsp3) is 0.318. The van der Waals surface area contributed by atoms with E-state index in [9.17, 15) is 14.3 Å². The van der Waals surface area contributed by atoms with Gasteiger partial charge in [-0.2, -0.15) is 0 Å². The van der Waals surface area contributed by atoms with Gasteiger partial charge in [0.25, 0.3) is 0 Å². The highest BCUT2D eigenvalue weighted by Gasteiger charge is 2.21. The zero-order valence-electron chi connectivity index (χ0n) is 16.0. The maximum Gasteiger partial charge on any atom is 0.339 e. The van der Waals surface area contributed by atoms with Crippen LogP contribution in [0.25, 0.3) is 5.57 Å². The Morgan fingerprint density at radius 3 is 2.64 bits per heavy atom. The molecule has 0 radical (unpaired) electrons. The summed E-state index contributed by atoms with van der Waals surface area (Å²) in [6.07, 6.45) is 2.46. The van der Waals surface area contributed by atoms with Crippen LogP contribution in [0.1, 0.15) is 30.9 Å². The van der Waals surface area contributed by atoms with Gasteiger partial charge >= 0.3 is 5.97 Å². The first-order chi connectivity index (χ1) is 13.5. The minimum Gasteiger partial charge on any atom is -0.500 e. The second kappa shape index (κ2) is 8.78. The van der Waals surface area contributed by atoms with E-state index in [2.05, 4.69) is 5.32 Å². The summed E-state index contributed by atoms with van der Waals surface area (Å²) in [5.41, 5.74) is 1.90. The molecule has 0 bridgehead atoms. The molecule has 3 rings (SSSR count). The van der Waals surface area contributed by atoms with Crippen LogP contribution in [-0.2, 0) is 16.1 Å². The first kappa shape index (κ1) is 19.7. The van der Waals surface area contributed by atoms with E-state index in [4.69, 9.17) is 9.47 Å². The summed E-state index contributed by atoms with van der Waals surface area (Å²) >= 11 is 0. The number of methoxy groups -OCH3 is 1. The molecule has 2 aromatic carbocycles. The zero-order chi connectivity index (χ0) is 20.1. The van der Waals surface area contributed by atoms with Crippen LogP contribution in [0.2, 0.25) is 0 Å². The molecular weight excluding hydrogens is 361 g/mol. The lowest BCUT2D eigenvalue weighted by molar-refractivity contribution is -0.130. The van der Waals surface area contributed by atoms with Crippen molar-refractivity contribution in [3.05, 3.63) is 65.2 Å². The summed E-state index contributed by atoms with van der Waals surface area (Å²) < 4.78 is 25.1. The van der Waals surface area contributed by atoms with Crippen molar-refractivity contribution >= 4 is 17.2 Å². The van der Waals surface area contributed by atoms with E-state index in [1.54, 1.807) is 43.3 Å². The lowest BCUT2D eigenvalue weighted by Crippen LogP contribution is -2.08. The number of carboxylic acid groups (broad SMARTS) is 1. The van der Waals surface area contributed by atoms with Crippen molar-refractivity contribution in [2.45, 2.75) is 26.4 Å². The molecule has 1 saturated carbocycles. The molecule has 0 spiro atoms. The molecule has 2 aromatic rings. The smallest absolute Gasteiger partial charge is 0.339 e. The summed E-state index contributed by atoms with van der Waals surface area (Å²) in [7, 11) is 1.42. The van der Waals surface area contributed by atoms with E-state index in [1.165, 1.54) is 26.0 Å². The van der Waals surface area contributed by atoms with Crippen LogP contribution in [-0.4, -0.2) is 24.7 Å². The summed E-state index contributed by atoms with van der Waals surface area (Å²) in [5, 5.41) is 12.8. The van der Waals surface area contributed by atoms with Gasteiger partial charge in [-0.05, 0) is 48.9 Å². The van der Waals surface area contributed by atoms with E-state index >= 15 is 0 Å². The third-order valence-corrected chi connectivity index (χ3v) is 4.77. The van der Waals surface area contributed by atoms with Crippen molar-refractivity contribution in [1.82, 2.24) is 0 Å². The second-order valence-electron chi connectivity index (χ2n) is 6.86. The van der Waals surface area contributed by atoms with Gasteiger partial charge in [0.1, 0.15) is 17.9 Å². The Hall–Kier alpha value is -3.02. The molecule has 6 heteroatoms. The van der Waals surface area contributed by atoms with Crippen LogP contribution >= 0.6 is 0 Å². The van der Waals surface area contributed by atoms with E-state index in [0.29, 0.717) is 17.0 Å². The van der Waals surface area contributed by atoms with E-state index in [-0.39, 0.29) is 23.7 Å². The fourth-order valence-electron chi connectivity index (χ4n) is 2.92. The van der Waals surface area contributed by atoms with Crippen molar-refractivity contribution in [1.29, 1.82) is 0 Å². The summed E-state index contributed by atoms with van der Waals surface area (Å²) in [6.45, 7) is 2.49. The third kappa shape index (κ3) is 4.82. The highest BCUT2D eigenvalue weighted by Crippen LogP contribution is 2.30. The molecule has 0 heterocycles. The fourth-order valence-corrected chi connectivity index (χ4v) is 2.92. The average Bonchev–Trinajstić information content (AvgIpc) is 3.51. The van der Waals surface area contributed by atoms with E-state index < -0.39 is 11.8 Å². The summed E-state index contributed by atoms with van der Waals surface area (Å²) in [6, 6.07) is 11.8. The van der Waals surface area contributed by atoms with Crippen LogP contribution in [0.15, 0.2) is 48.2 Å². The molecular formula is C22H24FNO4. The SMILES string of the molecule is COC(C)=C(C(=O)O)c1ccccc1COc1ccc(NCC2CC2)cc1F. The largest absolute Gasteiger partial charge is 0.500 e. The van der Waals surface area contributed by atoms with Crippen molar-refractivity contribution in [2.75, 3.05) is 19.0 Å². The third-order valence-electron chi connectivity index (χ3n) is 4.77. The molecule has 148 valence electrons. The van der Waals surface area contributed by atoms with Crippen LogP contribution < -0.4 is 10.1 Å². The van der Waals surface area contributed by atoms with Gasteiger partial charge in [-0.15, -0.1) is 0 Å². The van der Waals surface area contributed by atoms with Gasteiger partial charge in [-0.3, -0.25) is 0 Å². The maximum absolute atomic E-state index is 14.4. The van der Waals surface area contributed by atoms with E-state index in [0.717, 1.165) is 12.2 Å². The molecule has 0 saturated heterocycles. The average molecular weight is 385 g/mol. The Morgan fingerprint density at radius 1 is 1.25 bits per heavy atom. The molecule has 1 aliphatic rings. The predicted molar refractivity (Wildman–Crippen MR) is 106 cm³/mol. The molecule has 0 atom stereocenters. The molecule has 1 fully saturated rings. The molecule has 0 amide bonds. The van der Waals surface area contributed by atoms with Gasteiger partial charge < -0.3 is 19.9 Å². The summed E-state index contributed by atoms with van der Waals surface area (Å²) in [5.74, 6) is -0.444. The number of rotatable bonds is 9. The number of halogens is 1. The molecule has 28 heavy (non-hydrogen) atoms. The monoisotopic (exact) mass is 385 g/mol. The molecule has 5 nitrogen and oxygen atoms in total. The van der Waals surface area contributed by atoms with Gasteiger partial charge in [0, 0.05) is 18.3 Å². The zero-order valence-corrected chi connectivity index (χ0v) is 16.0. The number of nitrogens with one attached hydrogen (secondary N) is 1. The molecule has 0 aliphatic heterocycles. The van der Waals surface area contributed by atoms with Crippen molar-refractivity contribution in [3.8, 4) is 5.75 Å². The molecule has 0 unspecified atom stereocenters. The Bertz CT molecular complexity index is 890. The number of ether oxygens (including phenoxy) is 2. The van der Waals surface area contributed by atoms with Gasteiger partial charge in [0.05, 0.1) is 7.11 Å². The Kier molecular flexibility index (Phi) is 6.19. The normalized spacial score (nSPS) is 14.2. The highest BCUT2D eigenvalue weighted by atomic mass is 19.1. The lowest BCUT2D eigenvalue weighted by Gasteiger charge is -2.14.